The van der Waals surface area contributed by atoms with Gasteiger partial charge in [-0.05, 0) is 60.2 Å². The van der Waals surface area contributed by atoms with E-state index in [1.54, 1.807) is 53.0 Å². The minimum Gasteiger partial charge on any atom is -0.308 e. The van der Waals surface area contributed by atoms with Crippen molar-refractivity contribution in [1.29, 1.82) is 5.26 Å². The van der Waals surface area contributed by atoms with E-state index < -0.39 is 11.7 Å². The fourth-order valence-electron chi connectivity index (χ4n) is 9.28. The first kappa shape index (κ1) is 33.2. The highest BCUT2D eigenvalue weighted by Gasteiger charge is 2.41. The van der Waals surface area contributed by atoms with Gasteiger partial charge in [-0.3, -0.25) is 0 Å². The number of alkyl halides is 3. The molecule has 0 atom stereocenters. The lowest BCUT2D eigenvalue weighted by Gasteiger charge is -2.24. The summed E-state index contributed by atoms with van der Waals surface area (Å²) in [5.41, 5.74) is 3.34. The van der Waals surface area contributed by atoms with Crippen LogP contribution in [0.1, 0.15) is 11.1 Å². The molecule has 274 valence electrons. The maximum absolute atomic E-state index is 16.9. The zero-order chi connectivity index (χ0) is 38.9. The second-order valence-corrected chi connectivity index (χ2v) is 16.8. The van der Waals surface area contributed by atoms with Gasteiger partial charge in [-0.2, -0.15) is 18.4 Å². The van der Waals surface area contributed by atoms with Crippen LogP contribution < -0.4 is 0 Å². The van der Waals surface area contributed by atoms with E-state index in [0.29, 0.717) is 33.2 Å². The minimum atomic E-state index is -4.84. The summed E-state index contributed by atoms with van der Waals surface area (Å²) >= 11 is 3.28. The zero-order valence-corrected chi connectivity index (χ0v) is 31.9. The van der Waals surface area contributed by atoms with Crippen molar-refractivity contribution in [2.75, 3.05) is 0 Å². The first-order valence-corrected chi connectivity index (χ1v) is 20.4. The molecule has 0 radical (unpaired) electrons. The molecule has 8 aromatic carbocycles. The summed E-state index contributed by atoms with van der Waals surface area (Å²) in [7, 11) is 0. The largest absolute Gasteiger partial charge is 0.420 e. The lowest BCUT2D eigenvalue weighted by molar-refractivity contribution is -0.137. The third kappa shape index (κ3) is 4.54. The number of nitriles is 1. The van der Waals surface area contributed by atoms with Gasteiger partial charge in [-0.25, -0.2) is 0 Å². The van der Waals surface area contributed by atoms with Gasteiger partial charge in [-0.1, -0.05) is 103 Å². The summed E-state index contributed by atoms with van der Waals surface area (Å²) in [6, 6.07) is 52.5. The molecule has 4 heterocycles. The standard InChI is InChI=1S/C50H26F3N3S2/c51-50(52,53)46-39(55-37-16-5-1-12-31(37)33-21-24-42-44(47(33)55)35-14-3-7-18-40(35)57-42)23-20-30(29-11-9-10-28(26-29)27-54)49(46)56-38-17-6-2-13-32(38)34-22-25-43-45(48(34)56)36-15-4-8-19-41(36)58-43/h1-26H. The quantitative estimate of drug-likeness (QED) is 0.175. The van der Waals surface area contributed by atoms with Gasteiger partial charge in [0.05, 0.1) is 45.1 Å². The highest BCUT2D eigenvalue weighted by Crippen LogP contribution is 2.51. The number of halogens is 3. The number of hydrogen-bond acceptors (Lipinski definition) is 3. The van der Waals surface area contributed by atoms with Crippen LogP contribution in [0, 0.1) is 11.3 Å². The third-order valence-electron chi connectivity index (χ3n) is 11.6. The zero-order valence-electron chi connectivity index (χ0n) is 30.3. The maximum Gasteiger partial charge on any atom is 0.420 e. The van der Waals surface area contributed by atoms with Crippen LogP contribution in [0.4, 0.5) is 13.2 Å². The van der Waals surface area contributed by atoms with Crippen molar-refractivity contribution in [3.63, 3.8) is 0 Å². The number of aromatic nitrogens is 2. The van der Waals surface area contributed by atoms with E-state index in [1.165, 1.54) is 0 Å². The molecule has 58 heavy (non-hydrogen) atoms. The molecule has 12 aromatic rings. The molecule has 0 amide bonds. The lowest BCUT2D eigenvalue weighted by Crippen LogP contribution is -2.17. The second-order valence-electron chi connectivity index (χ2n) is 14.6. The Morgan fingerprint density at radius 2 is 1.02 bits per heavy atom. The number of nitrogens with zero attached hydrogens (tertiary/aromatic N) is 3. The molecule has 3 nitrogen and oxygen atoms in total. The molecule has 0 bridgehead atoms. The van der Waals surface area contributed by atoms with Crippen LogP contribution in [-0.2, 0) is 6.18 Å². The molecule has 0 aliphatic heterocycles. The third-order valence-corrected chi connectivity index (χ3v) is 13.8. The number of benzene rings is 8. The van der Waals surface area contributed by atoms with Crippen molar-refractivity contribution in [3.8, 4) is 28.6 Å². The Bertz CT molecular complexity index is 3760. The van der Waals surface area contributed by atoms with Crippen LogP contribution in [0.2, 0.25) is 0 Å². The monoisotopic (exact) mass is 789 g/mol. The SMILES string of the molecule is N#Cc1cccc(-c2ccc(-n3c4ccccc4c4ccc5sc6ccccc6c5c43)c(C(F)(F)F)c2-n2c3ccccc3c3ccc4sc5ccccc5c4c32)c1. The molecule has 0 aliphatic rings. The molecular formula is C50H26F3N3S2. The van der Waals surface area contributed by atoms with Crippen molar-refractivity contribution >= 4 is 107 Å². The molecule has 0 N–H and O–H groups in total. The first-order chi connectivity index (χ1) is 28.4. The summed E-state index contributed by atoms with van der Waals surface area (Å²) in [6.45, 7) is 0. The summed E-state index contributed by atoms with van der Waals surface area (Å²) in [5, 5.41) is 17.3. The molecule has 0 saturated carbocycles. The number of para-hydroxylation sites is 2. The van der Waals surface area contributed by atoms with Gasteiger partial charge in [0, 0.05) is 67.5 Å². The smallest absolute Gasteiger partial charge is 0.308 e. The van der Waals surface area contributed by atoms with Crippen LogP contribution in [0.25, 0.3) is 106 Å². The molecule has 0 saturated heterocycles. The van der Waals surface area contributed by atoms with Crippen LogP contribution in [0.5, 0.6) is 0 Å². The van der Waals surface area contributed by atoms with Gasteiger partial charge in [0.2, 0.25) is 0 Å². The summed E-state index contributed by atoms with van der Waals surface area (Å²) in [5.74, 6) is 0. The molecule has 12 rings (SSSR count). The number of hydrogen-bond donors (Lipinski definition) is 0. The topological polar surface area (TPSA) is 33.6 Å². The van der Waals surface area contributed by atoms with Crippen LogP contribution in [0.3, 0.4) is 0 Å². The van der Waals surface area contributed by atoms with Gasteiger partial charge in [0.1, 0.15) is 5.56 Å². The summed E-state index contributed by atoms with van der Waals surface area (Å²) < 4.78 is 58.5. The average molecular weight is 790 g/mol. The van der Waals surface area contributed by atoms with E-state index in [2.05, 4.69) is 42.5 Å². The van der Waals surface area contributed by atoms with Gasteiger partial charge in [0.15, 0.2) is 0 Å². The molecule has 0 aliphatic carbocycles. The Hall–Kier alpha value is -6.92. The van der Waals surface area contributed by atoms with Crippen LogP contribution in [-0.4, -0.2) is 9.13 Å². The Kier molecular flexibility index (Phi) is 6.90. The van der Waals surface area contributed by atoms with Gasteiger partial charge < -0.3 is 9.13 Å². The van der Waals surface area contributed by atoms with E-state index in [-0.39, 0.29) is 11.4 Å². The number of rotatable bonds is 3. The summed E-state index contributed by atoms with van der Waals surface area (Å²) in [6.07, 6.45) is -4.84. The fraction of sp³-hybridized carbons (Fsp3) is 0.0200. The highest BCUT2D eigenvalue weighted by molar-refractivity contribution is 7.26. The molecule has 4 aromatic heterocycles. The normalized spacial score (nSPS) is 12.4. The first-order valence-electron chi connectivity index (χ1n) is 18.8. The van der Waals surface area contributed by atoms with Crippen molar-refractivity contribution in [2.45, 2.75) is 6.18 Å². The van der Waals surface area contributed by atoms with E-state index in [1.807, 2.05) is 100 Å². The van der Waals surface area contributed by atoms with Gasteiger partial charge in [-0.15, -0.1) is 22.7 Å². The highest BCUT2D eigenvalue weighted by atomic mass is 32.1. The van der Waals surface area contributed by atoms with E-state index in [0.717, 1.165) is 67.4 Å². The Morgan fingerprint density at radius 3 is 1.60 bits per heavy atom. The maximum atomic E-state index is 16.9. The molecule has 0 spiro atoms. The Labute approximate surface area is 336 Å². The Balaban J connectivity index is 1.35. The van der Waals surface area contributed by atoms with Crippen molar-refractivity contribution in [1.82, 2.24) is 9.13 Å². The molecule has 8 heteroatoms. The second kappa shape index (κ2) is 12.0. The van der Waals surface area contributed by atoms with Crippen molar-refractivity contribution in [2.24, 2.45) is 0 Å². The van der Waals surface area contributed by atoms with Crippen LogP contribution in [0.15, 0.2) is 158 Å². The predicted octanol–water partition coefficient (Wildman–Crippen LogP) is 15.2. The number of thiophene rings is 2. The van der Waals surface area contributed by atoms with Gasteiger partial charge >= 0.3 is 6.18 Å². The summed E-state index contributed by atoms with van der Waals surface area (Å²) in [4.78, 5) is 0. The minimum absolute atomic E-state index is 0.0161. The fourth-order valence-corrected chi connectivity index (χ4v) is 11.5. The molecular weight excluding hydrogens is 764 g/mol. The molecule has 0 fully saturated rings. The Morgan fingerprint density at radius 1 is 0.483 bits per heavy atom. The lowest BCUT2D eigenvalue weighted by atomic mass is 9.96. The van der Waals surface area contributed by atoms with E-state index >= 15 is 13.2 Å². The predicted molar refractivity (Wildman–Crippen MR) is 236 cm³/mol. The van der Waals surface area contributed by atoms with Crippen LogP contribution >= 0.6 is 22.7 Å². The van der Waals surface area contributed by atoms with Gasteiger partial charge in [0.25, 0.3) is 0 Å². The number of fused-ring (bicyclic) bond motifs is 14. The van der Waals surface area contributed by atoms with E-state index in [4.69, 9.17) is 0 Å². The van der Waals surface area contributed by atoms with Crippen molar-refractivity contribution in [3.05, 3.63) is 169 Å². The van der Waals surface area contributed by atoms with E-state index in [9.17, 15) is 5.26 Å². The van der Waals surface area contributed by atoms with Crippen molar-refractivity contribution < 1.29 is 13.2 Å². The average Bonchev–Trinajstić information content (AvgIpc) is 4.00. The molecule has 0 unspecified atom stereocenters.